The minimum Gasteiger partial charge on any atom is -0.481 e. The Morgan fingerprint density at radius 1 is 1.44 bits per heavy atom. The van der Waals surface area contributed by atoms with Crippen molar-refractivity contribution in [1.29, 1.82) is 0 Å². The minimum atomic E-state index is -0.803. The van der Waals surface area contributed by atoms with Crippen molar-refractivity contribution in [2.75, 3.05) is 13.1 Å². The molecule has 0 amide bonds. The van der Waals surface area contributed by atoms with Gasteiger partial charge in [-0.2, -0.15) is 5.10 Å². The summed E-state index contributed by atoms with van der Waals surface area (Å²) in [5, 5.41) is 19.0. The monoisotopic (exact) mass is 247 g/mol. The van der Waals surface area contributed by atoms with Crippen LogP contribution in [0.2, 0.25) is 0 Å². The number of carbonyl (C=O) groups is 1. The van der Waals surface area contributed by atoms with E-state index in [9.17, 15) is 9.90 Å². The molecule has 0 aromatic carbocycles. The predicted octanol–water partition coefficient (Wildman–Crippen LogP) is 0.131. The van der Waals surface area contributed by atoms with Gasteiger partial charge >= 0.3 is 5.97 Å². The number of nitrogens with zero attached hydrogens (tertiary/aromatic N) is 3. The Kier molecular flexibility index (Phi) is 2.67. The third-order valence-corrected chi connectivity index (χ3v) is 3.34. The van der Waals surface area contributed by atoms with Gasteiger partial charge in [-0.1, -0.05) is 0 Å². The molecule has 2 aromatic heterocycles. The van der Waals surface area contributed by atoms with E-state index in [1.807, 2.05) is 0 Å². The average Bonchev–Trinajstić information content (AvgIpc) is 2.85. The summed E-state index contributed by atoms with van der Waals surface area (Å²) in [6.45, 7) is 1.26. The Labute approximate surface area is 103 Å². The molecule has 3 heterocycles. The number of aromatic amines is 1. The van der Waals surface area contributed by atoms with Crippen LogP contribution in [0.1, 0.15) is 18.2 Å². The highest BCUT2D eigenvalue weighted by Crippen LogP contribution is 2.28. The van der Waals surface area contributed by atoms with E-state index in [2.05, 4.69) is 25.5 Å². The number of nitrogens with one attached hydrogen (secondary N) is 2. The van der Waals surface area contributed by atoms with Gasteiger partial charge in [0.25, 0.3) is 0 Å². The van der Waals surface area contributed by atoms with E-state index in [0.717, 1.165) is 24.0 Å². The number of hydrogen-bond acceptors (Lipinski definition) is 5. The number of carboxylic acid groups (broad SMARTS) is 1. The molecule has 0 spiro atoms. The zero-order valence-corrected chi connectivity index (χ0v) is 9.63. The largest absolute Gasteiger partial charge is 0.481 e. The Balaban J connectivity index is 1.97. The molecule has 1 aliphatic rings. The molecule has 1 fully saturated rings. The lowest BCUT2D eigenvalue weighted by molar-refractivity contribution is -0.143. The molecule has 0 bridgehead atoms. The number of hydrogen-bond donors (Lipinski definition) is 3. The third-order valence-electron chi connectivity index (χ3n) is 3.34. The van der Waals surface area contributed by atoms with E-state index >= 15 is 0 Å². The maximum absolute atomic E-state index is 11.2. The number of aromatic nitrogens is 4. The summed E-state index contributed by atoms with van der Waals surface area (Å²) < 4.78 is 0. The highest BCUT2D eigenvalue weighted by Gasteiger charge is 2.33. The first-order chi connectivity index (χ1) is 8.75. The van der Waals surface area contributed by atoms with Crippen LogP contribution in [0.4, 0.5) is 0 Å². The van der Waals surface area contributed by atoms with Crippen molar-refractivity contribution in [3.8, 4) is 0 Å². The highest BCUT2D eigenvalue weighted by atomic mass is 16.4. The van der Waals surface area contributed by atoms with Gasteiger partial charge in [0.05, 0.1) is 18.3 Å². The van der Waals surface area contributed by atoms with Crippen molar-refractivity contribution >= 4 is 17.0 Å². The fourth-order valence-electron chi connectivity index (χ4n) is 2.36. The topological polar surface area (TPSA) is 104 Å². The van der Waals surface area contributed by atoms with Crippen LogP contribution in [-0.4, -0.2) is 44.3 Å². The molecule has 2 unspecified atom stereocenters. The lowest BCUT2D eigenvalue weighted by Gasteiger charge is -2.27. The maximum atomic E-state index is 11.2. The van der Waals surface area contributed by atoms with Crippen molar-refractivity contribution in [1.82, 2.24) is 25.5 Å². The first kappa shape index (κ1) is 11.1. The molecule has 0 radical (unpaired) electrons. The molecule has 1 saturated heterocycles. The van der Waals surface area contributed by atoms with Crippen molar-refractivity contribution in [3.05, 3.63) is 18.2 Å². The highest BCUT2D eigenvalue weighted by molar-refractivity contribution is 5.73. The average molecular weight is 247 g/mol. The molecule has 2 atom stereocenters. The normalized spacial score (nSPS) is 24.2. The van der Waals surface area contributed by atoms with Crippen LogP contribution in [-0.2, 0) is 4.79 Å². The fraction of sp³-hybridized carbons (Fsp3) is 0.455. The van der Waals surface area contributed by atoms with Gasteiger partial charge in [0.2, 0.25) is 0 Å². The zero-order valence-electron chi connectivity index (χ0n) is 9.63. The van der Waals surface area contributed by atoms with E-state index < -0.39 is 11.9 Å². The SMILES string of the molecule is O=C(O)C1CNCCC1c1ncc2[nH]ncc2n1. The number of carboxylic acids is 1. The van der Waals surface area contributed by atoms with E-state index in [1.54, 1.807) is 12.4 Å². The second-order valence-electron chi connectivity index (χ2n) is 4.44. The molecule has 7 nitrogen and oxygen atoms in total. The quantitative estimate of drug-likeness (QED) is 0.697. The Bertz CT molecular complexity index is 582. The van der Waals surface area contributed by atoms with Crippen molar-refractivity contribution < 1.29 is 9.90 Å². The molecule has 18 heavy (non-hydrogen) atoms. The molecular formula is C11H13N5O2. The molecule has 0 aliphatic carbocycles. The summed E-state index contributed by atoms with van der Waals surface area (Å²) in [4.78, 5) is 19.9. The predicted molar refractivity (Wildman–Crippen MR) is 63.0 cm³/mol. The van der Waals surface area contributed by atoms with Crippen LogP contribution in [0.3, 0.4) is 0 Å². The number of aliphatic carboxylic acids is 1. The number of H-pyrrole nitrogens is 1. The summed E-state index contributed by atoms with van der Waals surface area (Å²) in [6.07, 6.45) is 4.02. The lowest BCUT2D eigenvalue weighted by Crippen LogP contribution is -2.40. The first-order valence-electron chi connectivity index (χ1n) is 5.85. The van der Waals surface area contributed by atoms with Crippen molar-refractivity contribution in [3.63, 3.8) is 0 Å². The van der Waals surface area contributed by atoms with E-state index in [0.29, 0.717) is 12.4 Å². The number of fused-ring (bicyclic) bond motifs is 1. The van der Waals surface area contributed by atoms with Gasteiger partial charge in [-0.05, 0) is 13.0 Å². The van der Waals surface area contributed by atoms with Gasteiger partial charge in [-0.15, -0.1) is 0 Å². The second kappa shape index (κ2) is 4.34. The molecule has 2 aromatic rings. The number of piperidine rings is 1. The van der Waals surface area contributed by atoms with Crippen LogP contribution in [0.5, 0.6) is 0 Å². The summed E-state index contributed by atoms with van der Waals surface area (Å²) in [5.41, 5.74) is 1.49. The Hall–Kier alpha value is -2.02. The summed E-state index contributed by atoms with van der Waals surface area (Å²) >= 11 is 0. The summed E-state index contributed by atoms with van der Waals surface area (Å²) in [5.74, 6) is -0.813. The van der Waals surface area contributed by atoms with Crippen molar-refractivity contribution in [2.45, 2.75) is 12.3 Å². The van der Waals surface area contributed by atoms with E-state index in [-0.39, 0.29) is 5.92 Å². The number of rotatable bonds is 2. The molecule has 94 valence electrons. The Morgan fingerprint density at radius 2 is 2.33 bits per heavy atom. The van der Waals surface area contributed by atoms with Gasteiger partial charge in [-0.3, -0.25) is 9.89 Å². The minimum absolute atomic E-state index is 0.136. The van der Waals surface area contributed by atoms with Gasteiger partial charge in [0.1, 0.15) is 16.9 Å². The molecule has 3 rings (SSSR count). The summed E-state index contributed by atoms with van der Waals surface area (Å²) in [7, 11) is 0. The second-order valence-corrected chi connectivity index (χ2v) is 4.44. The van der Waals surface area contributed by atoms with Crippen LogP contribution < -0.4 is 5.32 Å². The first-order valence-corrected chi connectivity index (χ1v) is 5.85. The molecule has 0 saturated carbocycles. The summed E-state index contributed by atoms with van der Waals surface area (Å²) in [6, 6.07) is 0. The molecule has 1 aliphatic heterocycles. The zero-order chi connectivity index (χ0) is 12.5. The van der Waals surface area contributed by atoms with Gasteiger partial charge < -0.3 is 10.4 Å². The Morgan fingerprint density at radius 3 is 3.17 bits per heavy atom. The fourth-order valence-corrected chi connectivity index (χ4v) is 2.36. The maximum Gasteiger partial charge on any atom is 0.308 e. The van der Waals surface area contributed by atoms with Crippen LogP contribution in [0.25, 0.3) is 11.0 Å². The van der Waals surface area contributed by atoms with E-state index in [1.165, 1.54) is 0 Å². The standard InChI is InChI=1S/C11H13N5O2/c17-11(18)7-3-12-2-1-6(7)10-13-4-9-8(15-10)5-14-16-9/h4-7,12H,1-3H2,(H,14,16)(H,17,18). The smallest absolute Gasteiger partial charge is 0.308 e. The van der Waals surface area contributed by atoms with Gasteiger partial charge in [0.15, 0.2) is 0 Å². The van der Waals surface area contributed by atoms with Crippen LogP contribution in [0, 0.1) is 5.92 Å². The molecular weight excluding hydrogens is 234 g/mol. The lowest BCUT2D eigenvalue weighted by atomic mass is 9.86. The third kappa shape index (κ3) is 1.82. The van der Waals surface area contributed by atoms with Crippen LogP contribution in [0.15, 0.2) is 12.4 Å². The molecule has 3 N–H and O–H groups in total. The van der Waals surface area contributed by atoms with Gasteiger partial charge in [0, 0.05) is 12.5 Å². The molecule has 7 heteroatoms. The van der Waals surface area contributed by atoms with Gasteiger partial charge in [-0.25, -0.2) is 9.97 Å². The van der Waals surface area contributed by atoms with Crippen LogP contribution >= 0.6 is 0 Å². The van der Waals surface area contributed by atoms with E-state index in [4.69, 9.17) is 0 Å². The van der Waals surface area contributed by atoms with Crippen molar-refractivity contribution in [2.24, 2.45) is 5.92 Å².